The van der Waals surface area contributed by atoms with E-state index in [0.29, 0.717) is 11.8 Å². The van der Waals surface area contributed by atoms with Gasteiger partial charge in [-0.05, 0) is 37.1 Å². The second kappa shape index (κ2) is 6.52. The Morgan fingerprint density at radius 3 is 2.72 bits per heavy atom. The number of thiazole rings is 1. The third-order valence-electron chi connectivity index (χ3n) is 2.81. The van der Waals surface area contributed by atoms with Crippen LogP contribution in [0.2, 0.25) is 0 Å². The van der Waals surface area contributed by atoms with E-state index in [-0.39, 0.29) is 0 Å². The molecule has 1 unspecified atom stereocenters. The fraction of sp³-hybridized carbons (Fsp3) is 0.357. The Balaban J connectivity index is 2.07. The predicted octanol–water partition coefficient (Wildman–Crippen LogP) is 3.13. The standard InChI is InChI=1S/C14H18N2OS/c1-2-7-16-13(14-9-15-10-18-14)8-11-3-5-12(17)6-4-11/h3-6,9-10,13,16-17H,2,7-8H2,1H3. The molecule has 0 fully saturated rings. The molecule has 2 rings (SSSR count). The maximum atomic E-state index is 9.29. The van der Waals surface area contributed by atoms with Gasteiger partial charge < -0.3 is 10.4 Å². The smallest absolute Gasteiger partial charge is 0.115 e. The molecule has 0 amide bonds. The van der Waals surface area contributed by atoms with Gasteiger partial charge in [-0.15, -0.1) is 11.3 Å². The van der Waals surface area contributed by atoms with Crippen LogP contribution in [0.15, 0.2) is 36.0 Å². The minimum absolute atomic E-state index is 0.307. The van der Waals surface area contributed by atoms with Crippen LogP contribution in [-0.2, 0) is 6.42 Å². The topological polar surface area (TPSA) is 45.1 Å². The highest BCUT2D eigenvalue weighted by Crippen LogP contribution is 2.22. The molecule has 1 aromatic carbocycles. The quantitative estimate of drug-likeness (QED) is 0.840. The Hall–Kier alpha value is -1.39. The first-order chi connectivity index (χ1) is 8.79. The van der Waals surface area contributed by atoms with Gasteiger partial charge in [0.15, 0.2) is 0 Å². The second-order valence-corrected chi connectivity index (χ2v) is 5.20. The van der Waals surface area contributed by atoms with Crippen LogP contribution in [-0.4, -0.2) is 16.6 Å². The van der Waals surface area contributed by atoms with Gasteiger partial charge in [-0.25, -0.2) is 0 Å². The highest BCUT2D eigenvalue weighted by atomic mass is 32.1. The summed E-state index contributed by atoms with van der Waals surface area (Å²) in [5.74, 6) is 0.314. The third-order valence-corrected chi connectivity index (χ3v) is 3.70. The van der Waals surface area contributed by atoms with Crippen molar-refractivity contribution in [2.24, 2.45) is 0 Å². The highest BCUT2D eigenvalue weighted by Gasteiger charge is 2.12. The van der Waals surface area contributed by atoms with Crippen molar-refractivity contribution in [1.82, 2.24) is 10.3 Å². The van der Waals surface area contributed by atoms with Crippen molar-refractivity contribution in [1.29, 1.82) is 0 Å². The van der Waals surface area contributed by atoms with Gasteiger partial charge in [0.25, 0.3) is 0 Å². The summed E-state index contributed by atoms with van der Waals surface area (Å²) in [5.41, 5.74) is 3.09. The van der Waals surface area contributed by atoms with Gasteiger partial charge >= 0.3 is 0 Å². The first-order valence-electron chi connectivity index (χ1n) is 6.19. The van der Waals surface area contributed by atoms with Crippen LogP contribution in [0, 0.1) is 0 Å². The van der Waals surface area contributed by atoms with Gasteiger partial charge in [0.1, 0.15) is 5.75 Å². The lowest BCUT2D eigenvalue weighted by atomic mass is 10.0. The molecule has 0 spiro atoms. The molecule has 3 nitrogen and oxygen atoms in total. The van der Waals surface area contributed by atoms with E-state index in [4.69, 9.17) is 0 Å². The van der Waals surface area contributed by atoms with Gasteiger partial charge in [0, 0.05) is 17.1 Å². The molecule has 1 heterocycles. The molecule has 0 saturated heterocycles. The lowest BCUT2D eigenvalue weighted by Gasteiger charge is -2.16. The van der Waals surface area contributed by atoms with Crippen molar-refractivity contribution < 1.29 is 5.11 Å². The van der Waals surface area contributed by atoms with E-state index in [1.807, 2.05) is 23.8 Å². The fourth-order valence-corrected chi connectivity index (χ4v) is 2.55. The van der Waals surface area contributed by atoms with Crippen molar-refractivity contribution in [3.05, 3.63) is 46.4 Å². The number of aromatic nitrogens is 1. The van der Waals surface area contributed by atoms with Crippen molar-refractivity contribution in [2.45, 2.75) is 25.8 Å². The van der Waals surface area contributed by atoms with Gasteiger partial charge in [-0.2, -0.15) is 0 Å². The van der Waals surface area contributed by atoms with Crippen LogP contribution >= 0.6 is 11.3 Å². The first kappa shape index (κ1) is 13.1. The summed E-state index contributed by atoms with van der Waals surface area (Å²) in [5, 5.41) is 12.8. The summed E-state index contributed by atoms with van der Waals surface area (Å²) in [4.78, 5) is 5.41. The Morgan fingerprint density at radius 1 is 1.33 bits per heavy atom. The largest absolute Gasteiger partial charge is 0.508 e. The Morgan fingerprint density at radius 2 is 2.11 bits per heavy atom. The number of benzene rings is 1. The predicted molar refractivity (Wildman–Crippen MR) is 75.0 cm³/mol. The molecule has 0 bridgehead atoms. The molecular weight excluding hydrogens is 244 g/mol. The normalized spacial score (nSPS) is 12.5. The van der Waals surface area contributed by atoms with Gasteiger partial charge in [-0.3, -0.25) is 4.98 Å². The second-order valence-electron chi connectivity index (χ2n) is 4.28. The minimum atomic E-state index is 0.307. The number of hydrogen-bond acceptors (Lipinski definition) is 4. The van der Waals surface area contributed by atoms with Crippen LogP contribution in [0.3, 0.4) is 0 Å². The van der Waals surface area contributed by atoms with Crippen LogP contribution in [0.4, 0.5) is 0 Å². The molecule has 0 aliphatic carbocycles. The Kier molecular flexibility index (Phi) is 4.73. The molecule has 2 aromatic rings. The lowest BCUT2D eigenvalue weighted by Crippen LogP contribution is -2.23. The van der Waals surface area contributed by atoms with Crippen molar-refractivity contribution in [3.63, 3.8) is 0 Å². The zero-order valence-corrected chi connectivity index (χ0v) is 11.3. The summed E-state index contributed by atoms with van der Waals surface area (Å²) in [6, 6.07) is 7.72. The zero-order valence-electron chi connectivity index (χ0n) is 10.5. The number of rotatable bonds is 6. The van der Waals surface area contributed by atoms with Gasteiger partial charge in [0.2, 0.25) is 0 Å². The Bertz CT molecular complexity index is 453. The summed E-state index contributed by atoms with van der Waals surface area (Å²) >= 11 is 1.68. The summed E-state index contributed by atoms with van der Waals surface area (Å²) in [7, 11) is 0. The molecule has 0 aliphatic rings. The highest BCUT2D eigenvalue weighted by molar-refractivity contribution is 7.09. The molecule has 1 aromatic heterocycles. The summed E-state index contributed by atoms with van der Waals surface area (Å²) in [6.45, 7) is 3.16. The van der Waals surface area contributed by atoms with E-state index in [9.17, 15) is 5.11 Å². The number of nitrogens with zero attached hydrogens (tertiary/aromatic N) is 1. The maximum absolute atomic E-state index is 9.29. The van der Waals surface area contributed by atoms with Gasteiger partial charge in [-0.1, -0.05) is 19.1 Å². The number of hydrogen-bond donors (Lipinski definition) is 2. The monoisotopic (exact) mass is 262 g/mol. The number of phenolic OH excluding ortho intramolecular Hbond substituents is 1. The van der Waals surface area contributed by atoms with E-state index in [2.05, 4.69) is 17.2 Å². The van der Waals surface area contributed by atoms with Crippen LogP contribution in [0.5, 0.6) is 5.75 Å². The van der Waals surface area contributed by atoms with Crippen LogP contribution in [0.25, 0.3) is 0 Å². The van der Waals surface area contributed by atoms with E-state index in [0.717, 1.165) is 19.4 Å². The molecule has 96 valence electrons. The van der Waals surface area contributed by atoms with E-state index in [1.54, 1.807) is 23.5 Å². The van der Waals surface area contributed by atoms with E-state index >= 15 is 0 Å². The maximum Gasteiger partial charge on any atom is 0.115 e. The van der Waals surface area contributed by atoms with E-state index < -0.39 is 0 Å². The fourth-order valence-electron chi connectivity index (χ4n) is 1.86. The third kappa shape index (κ3) is 3.55. The van der Waals surface area contributed by atoms with Crippen molar-refractivity contribution >= 4 is 11.3 Å². The molecule has 0 aliphatic heterocycles. The van der Waals surface area contributed by atoms with E-state index in [1.165, 1.54) is 10.4 Å². The molecule has 1 atom stereocenters. The molecular formula is C14H18N2OS. The minimum Gasteiger partial charge on any atom is -0.508 e. The lowest BCUT2D eigenvalue weighted by molar-refractivity contribution is 0.474. The zero-order chi connectivity index (χ0) is 12.8. The molecule has 2 N–H and O–H groups in total. The van der Waals surface area contributed by atoms with Crippen LogP contribution in [0.1, 0.15) is 29.8 Å². The SMILES string of the molecule is CCCNC(Cc1ccc(O)cc1)c1cncs1. The Labute approximate surface area is 112 Å². The average molecular weight is 262 g/mol. The molecule has 18 heavy (non-hydrogen) atoms. The summed E-state index contributed by atoms with van der Waals surface area (Å²) < 4.78 is 0. The first-order valence-corrected chi connectivity index (χ1v) is 7.07. The number of aromatic hydroxyl groups is 1. The average Bonchev–Trinajstić information content (AvgIpc) is 2.90. The summed E-state index contributed by atoms with van der Waals surface area (Å²) in [6.07, 6.45) is 3.96. The number of nitrogens with one attached hydrogen (secondary N) is 1. The number of phenols is 1. The van der Waals surface area contributed by atoms with Crippen LogP contribution < -0.4 is 5.32 Å². The van der Waals surface area contributed by atoms with Gasteiger partial charge in [0.05, 0.1) is 5.51 Å². The molecule has 0 saturated carbocycles. The molecule has 4 heteroatoms. The van der Waals surface area contributed by atoms with Crippen molar-refractivity contribution in [2.75, 3.05) is 6.54 Å². The molecule has 0 radical (unpaired) electrons. The van der Waals surface area contributed by atoms with Crippen molar-refractivity contribution in [3.8, 4) is 5.75 Å².